The maximum absolute atomic E-state index is 2.63. The number of hydrogen-bond donors (Lipinski definition) is 0. The Morgan fingerprint density at radius 1 is 1.00 bits per heavy atom. The Balaban J connectivity index is 1.86. The molecule has 1 aliphatic heterocycles. The van der Waals surface area contributed by atoms with Crippen molar-refractivity contribution in [2.24, 2.45) is 0 Å². The van der Waals surface area contributed by atoms with Crippen molar-refractivity contribution in [3.8, 4) is 0 Å². The van der Waals surface area contributed by atoms with Gasteiger partial charge in [-0.1, -0.05) is 32.6 Å². The Morgan fingerprint density at radius 2 is 1.69 bits per heavy atom. The van der Waals surface area contributed by atoms with Crippen molar-refractivity contribution in [3.63, 3.8) is 0 Å². The first-order chi connectivity index (χ1) is 6.43. The van der Waals surface area contributed by atoms with Gasteiger partial charge in [0.05, 0.1) is 0 Å². The largest absolute Gasteiger partial charge is 0.302 e. The van der Waals surface area contributed by atoms with Gasteiger partial charge in [-0.2, -0.15) is 11.8 Å². The van der Waals surface area contributed by atoms with Gasteiger partial charge in [0.15, 0.2) is 0 Å². The Hall–Kier alpha value is 0.310. The van der Waals surface area contributed by atoms with Crippen molar-refractivity contribution in [1.29, 1.82) is 0 Å². The van der Waals surface area contributed by atoms with Crippen molar-refractivity contribution in [3.05, 3.63) is 0 Å². The highest BCUT2D eigenvalue weighted by Gasteiger charge is 2.08. The average Bonchev–Trinajstić information content (AvgIpc) is 2.19. The first-order valence-electron chi connectivity index (χ1n) is 5.73. The van der Waals surface area contributed by atoms with E-state index in [9.17, 15) is 0 Å². The van der Waals surface area contributed by atoms with Crippen LogP contribution in [0.1, 0.15) is 39.0 Å². The minimum Gasteiger partial charge on any atom is -0.302 e. The summed E-state index contributed by atoms with van der Waals surface area (Å²) in [6.45, 7) is 6.29. The topological polar surface area (TPSA) is 3.24 Å². The number of unbranched alkanes of at least 4 members (excludes halogenated alkanes) is 4. The summed E-state index contributed by atoms with van der Waals surface area (Å²) in [6.07, 6.45) is 7.09. The summed E-state index contributed by atoms with van der Waals surface area (Å²) in [5.74, 6) is 2.71. The highest BCUT2D eigenvalue weighted by molar-refractivity contribution is 7.99. The molecule has 78 valence electrons. The molecule has 0 aromatic heterocycles. The third kappa shape index (κ3) is 5.58. The third-order valence-corrected chi connectivity index (χ3v) is 3.62. The van der Waals surface area contributed by atoms with Crippen LogP contribution < -0.4 is 0 Å². The van der Waals surface area contributed by atoms with E-state index < -0.39 is 0 Å². The van der Waals surface area contributed by atoms with Gasteiger partial charge in [0, 0.05) is 24.6 Å². The quantitative estimate of drug-likeness (QED) is 0.608. The zero-order valence-electron chi connectivity index (χ0n) is 8.93. The first kappa shape index (κ1) is 11.4. The second-order valence-electron chi connectivity index (χ2n) is 3.87. The van der Waals surface area contributed by atoms with Crippen LogP contribution in [0.25, 0.3) is 0 Å². The van der Waals surface area contributed by atoms with Gasteiger partial charge in [0.25, 0.3) is 0 Å². The molecule has 0 bridgehead atoms. The predicted molar refractivity (Wildman–Crippen MR) is 62.5 cm³/mol. The molecule has 0 aliphatic carbocycles. The van der Waals surface area contributed by atoms with Crippen LogP contribution in [-0.2, 0) is 0 Å². The lowest BCUT2D eigenvalue weighted by molar-refractivity contribution is 0.294. The lowest BCUT2D eigenvalue weighted by atomic mass is 10.1. The molecule has 0 spiro atoms. The van der Waals surface area contributed by atoms with Gasteiger partial charge < -0.3 is 4.90 Å². The summed E-state index contributed by atoms with van der Waals surface area (Å²) in [5.41, 5.74) is 0. The molecule has 0 radical (unpaired) electrons. The molecule has 1 heterocycles. The summed E-state index contributed by atoms with van der Waals surface area (Å²) in [5, 5.41) is 0. The lowest BCUT2D eigenvalue weighted by Crippen LogP contribution is -2.33. The summed E-state index contributed by atoms with van der Waals surface area (Å²) in [4.78, 5) is 2.63. The second kappa shape index (κ2) is 7.69. The van der Waals surface area contributed by atoms with Gasteiger partial charge in [-0.15, -0.1) is 0 Å². The summed E-state index contributed by atoms with van der Waals surface area (Å²) < 4.78 is 0. The molecule has 0 aromatic rings. The van der Waals surface area contributed by atoms with Crippen LogP contribution in [0, 0.1) is 0 Å². The smallest absolute Gasteiger partial charge is 0.00727 e. The molecule has 0 saturated carbocycles. The highest BCUT2D eigenvalue weighted by Crippen LogP contribution is 2.10. The standard InChI is InChI=1S/C11H23NS/c1-2-3-4-5-6-7-12-8-10-13-11-9-12/h2-11H2,1H3. The maximum atomic E-state index is 2.63. The van der Waals surface area contributed by atoms with E-state index >= 15 is 0 Å². The predicted octanol–water partition coefficient (Wildman–Crippen LogP) is 3.01. The maximum Gasteiger partial charge on any atom is 0.00727 e. The third-order valence-electron chi connectivity index (χ3n) is 2.68. The molecular formula is C11H23NS. The van der Waals surface area contributed by atoms with Crippen LogP contribution in [0.3, 0.4) is 0 Å². The molecule has 0 atom stereocenters. The fourth-order valence-electron chi connectivity index (χ4n) is 1.76. The SMILES string of the molecule is CCCCCCCN1CCSCC1. The molecule has 1 aliphatic rings. The summed E-state index contributed by atoms with van der Waals surface area (Å²) >= 11 is 2.10. The van der Waals surface area contributed by atoms with Gasteiger partial charge in [-0.25, -0.2) is 0 Å². The molecule has 2 heteroatoms. The van der Waals surface area contributed by atoms with Crippen molar-refractivity contribution in [2.45, 2.75) is 39.0 Å². The fraction of sp³-hybridized carbons (Fsp3) is 1.00. The van der Waals surface area contributed by atoms with Crippen molar-refractivity contribution >= 4 is 11.8 Å². The van der Waals surface area contributed by atoms with E-state index in [0.717, 1.165) is 0 Å². The molecule has 0 N–H and O–H groups in total. The van der Waals surface area contributed by atoms with Gasteiger partial charge in [0.2, 0.25) is 0 Å². The van der Waals surface area contributed by atoms with Crippen LogP contribution in [-0.4, -0.2) is 36.0 Å². The van der Waals surface area contributed by atoms with Crippen LogP contribution in [0.5, 0.6) is 0 Å². The minimum atomic E-state index is 1.33. The van der Waals surface area contributed by atoms with E-state index in [1.165, 1.54) is 63.2 Å². The van der Waals surface area contributed by atoms with Gasteiger partial charge in [-0.05, 0) is 13.0 Å². The van der Waals surface area contributed by atoms with Crippen LogP contribution in [0.15, 0.2) is 0 Å². The molecular weight excluding hydrogens is 178 g/mol. The van der Waals surface area contributed by atoms with Crippen molar-refractivity contribution in [1.82, 2.24) is 4.90 Å². The van der Waals surface area contributed by atoms with Crippen LogP contribution in [0.4, 0.5) is 0 Å². The molecule has 1 fully saturated rings. The molecule has 1 rings (SSSR count). The Morgan fingerprint density at radius 3 is 2.38 bits per heavy atom. The van der Waals surface area contributed by atoms with E-state index in [4.69, 9.17) is 0 Å². The van der Waals surface area contributed by atoms with E-state index in [0.29, 0.717) is 0 Å². The number of thioether (sulfide) groups is 1. The Labute approximate surface area is 87.3 Å². The highest BCUT2D eigenvalue weighted by atomic mass is 32.2. The number of rotatable bonds is 6. The molecule has 1 nitrogen and oxygen atoms in total. The van der Waals surface area contributed by atoms with E-state index in [2.05, 4.69) is 23.6 Å². The van der Waals surface area contributed by atoms with Gasteiger partial charge in [0.1, 0.15) is 0 Å². The zero-order valence-corrected chi connectivity index (χ0v) is 9.74. The van der Waals surface area contributed by atoms with E-state index in [1.807, 2.05) is 0 Å². The van der Waals surface area contributed by atoms with Gasteiger partial charge in [-0.3, -0.25) is 0 Å². The van der Waals surface area contributed by atoms with Crippen LogP contribution >= 0.6 is 11.8 Å². The Bertz CT molecular complexity index is 111. The van der Waals surface area contributed by atoms with Crippen molar-refractivity contribution < 1.29 is 0 Å². The normalized spacial score (nSPS) is 19.2. The zero-order chi connectivity index (χ0) is 9.36. The molecule has 0 unspecified atom stereocenters. The monoisotopic (exact) mass is 201 g/mol. The van der Waals surface area contributed by atoms with E-state index in [1.54, 1.807) is 0 Å². The molecule has 13 heavy (non-hydrogen) atoms. The van der Waals surface area contributed by atoms with E-state index in [-0.39, 0.29) is 0 Å². The minimum absolute atomic E-state index is 1.33. The summed E-state index contributed by atoms with van der Waals surface area (Å²) in [7, 11) is 0. The molecule has 0 aromatic carbocycles. The summed E-state index contributed by atoms with van der Waals surface area (Å²) in [6, 6.07) is 0. The van der Waals surface area contributed by atoms with Crippen molar-refractivity contribution in [2.75, 3.05) is 31.1 Å². The van der Waals surface area contributed by atoms with Gasteiger partial charge >= 0.3 is 0 Å². The first-order valence-corrected chi connectivity index (χ1v) is 6.89. The molecule has 1 saturated heterocycles. The van der Waals surface area contributed by atoms with Crippen LogP contribution in [0.2, 0.25) is 0 Å². The molecule has 0 amide bonds. The number of nitrogens with zero attached hydrogens (tertiary/aromatic N) is 1. The average molecular weight is 201 g/mol. The Kier molecular flexibility index (Phi) is 6.73. The fourth-order valence-corrected chi connectivity index (χ4v) is 2.74. The number of hydrogen-bond acceptors (Lipinski definition) is 2. The lowest BCUT2D eigenvalue weighted by Gasteiger charge is -2.25. The second-order valence-corrected chi connectivity index (χ2v) is 5.09.